The summed E-state index contributed by atoms with van der Waals surface area (Å²) in [4.78, 5) is 35.4. The van der Waals surface area contributed by atoms with Crippen LogP contribution in [0.2, 0.25) is 10.0 Å². The maximum atomic E-state index is 11.8. The molecule has 1 aromatic carbocycles. The van der Waals surface area contributed by atoms with E-state index < -0.39 is 24.4 Å². The molecule has 0 aliphatic heterocycles. The molecule has 2 rings (SSSR count). The summed E-state index contributed by atoms with van der Waals surface area (Å²) in [6.07, 6.45) is 0. The van der Waals surface area contributed by atoms with Crippen molar-refractivity contribution in [3.8, 4) is 0 Å². The number of nitrogens with one attached hydrogen (secondary N) is 1. The average Bonchev–Trinajstić information content (AvgIpc) is 3.02. The van der Waals surface area contributed by atoms with Crippen LogP contribution in [-0.2, 0) is 9.53 Å². The Labute approximate surface area is 139 Å². The Balaban J connectivity index is 1.89. The predicted molar refractivity (Wildman–Crippen MR) is 83.5 cm³/mol. The fourth-order valence-electron chi connectivity index (χ4n) is 1.50. The van der Waals surface area contributed by atoms with Crippen LogP contribution in [0.1, 0.15) is 20.0 Å². The van der Waals surface area contributed by atoms with E-state index in [-0.39, 0.29) is 15.6 Å². The lowest BCUT2D eigenvalue weighted by atomic mass is 10.2. The van der Waals surface area contributed by atoms with E-state index in [1.165, 1.54) is 29.5 Å². The van der Waals surface area contributed by atoms with Gasteiger partial charge < -0.3 is 4.74 Å². The Morgan fingerprint density at radius 2 is 1.91 bits per heavy atom. The van der Waals surface area contributed by atoms with Crippen molar-refractivity contribution in [3.63, 3.8) is 0 Å². The molecule has 0 radical (unpaired) electrons. The normalized spacial score (nSPS) is 10.1. The first-order valence-electron chi connectivity index (χ1n) is 5.98. The van der Waals surface area contributed by atoms with Gasteiger partial charge in [0.2, 0.25) is 0 Å². The Kier molecular flexibility index (Phi) is 5.54. The van der Waals surface area contributed by atoms with Gasteiger partial charge in [0.25, 0.3) is 11.8 Å². The molecular weight excluding hydrogens is 349 g/mol. The monoisotopic (exact) mass is 357 g/mol. The lowest BCUT2D eigenvalue weighted by Gasteiger charge is -2.07. The van der Waals surface area contributed by atoms with Crippen molar-refractivity contribution >= 4 is 52.3 Å². The van der Waals surface area contributed by atoms with E-state index in [4.69, 9.17) is 27.9 Å². The number of carbonyl (C=O) groups is 3. The van der Waals surface area contributed by atoms with Crippen LogP contribution in [-0.4, -0.2) is 24.4 Å². The van der Waals surface area contributed by atoms with Crippen LogP contribution < -0.4 is 5.32 Å². The summed E-state index contributed by atoms with van der Waals surface area (Å²) in [5.74, 6) is -2.08. The van der Waals surface area contributed by atoms with Crippen molar-refractivity contribution in [2.75, 3.05) is 6.61 Å². The van der Waals surface area contributed by atoms with Crippen LogP contribution in [0.3, 0.4) is 0 Å². The molecule has 1 heterocycles. The Bertz CT molecular complexity index is 716. The number of benzene rings is 1. The molecule has 114 valence electrons. The zero-order chi connectivity index (χ0) is 16.1. The molecular formula is C14H9Cl2NO4S. The van der Waals surface area contributed by atoms with Crippen LogP contribution in [0, 0.1) is 0 Å². The number of amides is 2. The topological polar surface area (TPSA) is 72.5 Å². The van der Waals surface area contributed by atoms with Crippen molar-refractivity contribution < 1.29 is 19.1 Å². The van der Waals surface area contributed by atoms with Gasteiger partial charge in [-0.3, -0.25) is 14.9 Å². The highest BCUT2D eigenvalue weighted by atomic mass is 35.5. The van der Waals surface area contributed by atoms with Gasteiger partial charge in [-0.15, -0.1) is 11.3 Å². The lowest BCUT2D eigenvalue weighted by Crippen LogP contribution is -2.33. The van der Waals surface area contributed by atoms with Crippen molar-refractivity contribution in [2.24, 2.45) is 0 Å². The molecule has 8 heteroatoms. The summed E-state index contributed by atoms with van der Waals surface area (Å²) >= 11 is 12.8. The van der Waals surface area contributed by atoms with E-state index in [0.717, 1.165) is 0 Å². The van der Waals surface area contributed by atoms with Crippen molar-refractivity contribution in [2.45, 2.75) is 0 Å². The molecule has 0 saturated heterocycles. The summed E-state index contributed by atoms with van der Waals surface area (Å²) < 4.78 is 4.80. The van der Waals surface area contributed by atoms with Gasteiger partial charge in [-0.2, -0.15) is 0 Å². The number of esters is 1. The van der Waals surface area contributed by atoms with Gasteiger partial charge in [0.05, 0.1) is 20.5 Å². The van der Waals surface area contributed by atoms with Gasteiger partial charge in [-0.05, 0) is 23.6 Å². The first-order valence-corrected chi connectivity index (χ1v) is 7.61. The smallest absolute Gasteiger partial charge is 0.340 e. The average molecular weight is 358 g/mol. The zero-order valence-corrected chi connectivity index (χ0v) is 13.3. The second-order valence-corrected chi connectivity index (χ2v) is 5.76. The molecule has 1 aromatic heterocycles. The molecule has 0 spiro atoms. The van der Waals surface area contributed by atoms with Crippen molar-refractivity contribution in [1.82, 2.24) is 5.32 Å². The summed E-state index contributed by atoms with van der Waals surface area (Å²) in [6.45, 7) is -0.598. The Hall–Kier alpha value is -1.89. The number of hydrogen-bond acceptors (Lipinski definition) is 5. The minimum atomic E-state index is -0.800. The highest BCUT2D eigenvalue weighted by molar-refractivity contribution is 7.12. The van der Waals surface area contributed by atoms with E-state index in [1.807, 2.05) is 0 Å². The van der Waals surface area contributed by atoms with Gasteiger partial charge in [0, 0.05) is 0 Å². The third-order valence-corrected chi connectivity index (χ3v) is 4.19. The first-order chi connectivity index (χ1) is 10.5. The molecule has 0 aliphatic carbocycles. The summed E-state index contributed by atoms with van der Waals surface area (Å²) in [7, 11) is 0. The zero-order valence-electron chi connectivity index (χ0n) is 11.0. The van der Waals surface area contributed by atoms with E-state index in [0.29, 0.717) is 4.88 Å². The van der Waals surface area contributed by atoms with E-state index in [9.17, 15) is 14.4 Å². The molecule has 0 atom stereocenters. The second kappa shape index (κ2) is 7.40. The van der Waals surface area contributed by atoms with E-state index >= 15 is 0 Å². The van der Waals surface area contributed by atoms with Crippen molar-refractivity contribution in [1.29, 1.82) is 0 Å². The number of halogens is 2. The van der Waals surface area contributed by atoms with Gasteiger partial charge in [0.15, 0.2) is 6.61 Å². The van der Waals surface area contributed by atoms with Crippen LogP contribution in [0.5, 0.6) is 0 Å². The van der Waals surface area contributed by atoms with Gasteiger partial charge in [0.1, 0.15) is 0 Å². The molecule has 5 nitrogen and oxygen atoms in total. The number of ether oxygens (including phenoxy) is 1. The van der Waals surface area contributed by atoms with Crippen LogP contribution in [0.25, 0.3) is 0 Å². The standard InChI is InChI=1S/C14H9Cl2NO4S/c15-9-4-1-3-8(12(9)16)14(20)21-7-11(18)17-13(19)10-5-2-6-22-10/h1-6H,7H2,(H,17,18,19). The van der Waals surface area contributed by atoms with Gasteiger partial charge in [-0.25, -0.2) is 4.79 Å². The Morgan fingerprint density at radius 1 is 1.14 bits per heavy atom. The molecule has 1 N–H and O–H groups in total. The summed E-state index contributed by atoms with van der Waals surface area (Å²) in [5.41, 5.74) is 0.0477. The highest BCUT2D eigenvalue weighted by Crippen LogP contribution is 2.25. The second-order valence-electron chi connectivity index (χ2n) is 4.03. The Morgan fingerprint density at radius 3 is 2.59 bits per heavy atom. The van der Waals surface area contributed by atoms with E-state index in [1.54, 1.807) is 17.5 Å². The quantitative estimate of drug-likeness (QED) is 0.853. The molecule has 0 fully saturated rings. The van der Waals surface area contributed by atoms with Crippen LogP contribution in [0.15, 0.2) is 35.7 Å². The minimum Gasteiger partial charge on any atom is -0.452 e. The van der Waals surface area contributed by atoms with E-state index in [2.05, 4.69) is 5.32 Å². The number of thiophene rings is 1. The fraction of sp³-hybridized carbons (Fsp3) is 0.0714. The largest absolute Gasteiger partial charge is 0.452 e. The third kappa shape index (κ3) is 4.07. The lowest BCUT2D eigenvalue weighted by molar-refractivity contribution is -0.123. The van der Waals surface area contributed by atoms with Gasteiger partial charge in [-0.1, -0.05) is 35.3 Å². The minimum absolute atomic E-state index is 0.0456. The highest BCUT2D eigenvalue weighted by Gasteiger charge is 2.17. The van der Waals surface area contributed by atoms with Crippen LogP contribution >= 0.6 is 34.5 Å². The maximum absolute atomic E-state index is 11.8. The van der Waals surface area contributed by atoms with Crippen LogP contribution in [0.4, 0.5) is 0 Å². The molecule has 22 heavy (non-hydrogen) atoms. The fourth-order valence-corrected chi connectivity index (χ4v) is 2.50. The summed E-state index contributed by atoms with van der Waals surface area (Å²) in [6, 6.07) is 7.74. The molecule has 2 amide bonds. The number of carbonyl (C=O) groups excluding carboxylic acids is 3. The number of hydrogen-bond donors (Lipinski definition) is 1. The molecule has 0 bridgehead atoms. The number of imide groups is 1. The predicted octanol–water partition coefficient (Wildman–Crippen LogP) is 3.17. The number of rotatable bonds is 4. The van der Waals surface area contributed by atoms with Gasteiger partial charge >= 0.3 is 5.97 Å². The first kappa shape index (κ1) is 16.5. The SMILES string of the molecule is O=C(COC(=O)c1cccc(Cl)c1Cl)NC(=O)c1cccs1. The molecule has 2 aromatic rings. The third-order valence-electron chi connectivity index (χ3n) is 2.50. The molecule has 0 unspecified atom stereocenters. The van der Waals surface area contributed by atoms with Crippen molar-refractivity contribution in [3.05, 3.63) is 56.2 Å². The molecule has 0 saturated carbocycles. The summed E-state index contributed by atoms with van der Waals surface area (Å²) in [5, 5.41) is 4.07. The maximum Gasteiger partial charge on any atom is 0.340 e. The molecule has 0 aliphatic rings.